The Balaban J connectivity index is 2.53. The average molecular weight is 305 g/mol. The van der Waals surface area contributed by atoms with Crippen LogP contribution < -0.4 is 14.8 Å². The predicted molar refractivity (Wildman–Crippen MR) is 85.1 cm³/mol. The lowest BCUT2D eigenvalue weighted by Gasteiger charge is -2.36. The zero-order valence-corrected chi connectivity index (χ0v) is 13.8. The number of rotatable bonds is 4. The van der Waals surface area contributed by atoms with Crippen molar-refractivity contribution < 1.29 is 19.0 Å². The lowest BCUT2D eigenvalue weighted by Crippen LogP contribution is -2.43. The Morgan fingerprint density at radius 3 is 2.50 bits per heavy atom. The van der Waals surface area contributed by atoms with Gasteiger partial charge in [-0.05, 0) is 44.9 Å². The number of ether oxygens (including phenoxy) is 3. The van der Waals surface area contributed by atoms with E-state index in [9.17, 15) is 4.79 Å². The molecule has 0 unspecified atom stereocenters. The molecule has 5 nitrogen and oxygen atoms in total. The number of fused-ring (bicyclic) bond motifs is 1. The molecule has 0 bridgehead atoms. The molecule has 1 aromatic carbocycles. The fraction of sp³-hybridized carbons (Fsp3) is 0.471. The van der Waals surface area contributed by atoms with Gasteiger partial charge in [-0.2, -0.15) is 0 Å². The third-order valence-electron chi connectivity index (χ3n) is 3.55. The number of hydrogen-bond donors (Lipinski definition) is 1. The molecule has 0 radical (unpaired) electrons. The Labute approximate surface area is 131 Å². The van der Waals surface area contributed by atoms with Crippen molar-refractivity contribution in [3.63, 3.8) is 0 Å². The standard InChI is InChI=1S/C17H23NO4/c1-6-22-16(19)9-13-12-8-15(21-5)14(20-4)7-11(12)10-17(2,3)18-13/h7-9,18H,6,10H2,1-5H3/b13-9+. The van der Waals surface area contributed by atoms with E-state index in [0.29, 0.717) is 18.1 Å². The molecule has 0 saturated heterocycles. The van der Waals surface area contributed by atoms with E-state index in [1.807, 2.05) is 12.1 Å². The highest BCUT2D eigenvalue weighted by Crippen LogP contribution is 2.37. The number of methoxy groups -OCH3 is 2. The maximum absolute atomic E-state index is 11.8. The number of benzene rings is 1. The largest absolute Gasteiger partial charge is 0.493 e. The molecule has 0 spiro atoms. The minimum Gasteiger partial charge on any atom is -0.493 e. The Hall–Kier alpha value is -2.17. The number of carbonyl (C=O) groups excluding carboxylic acids is 1. The van der Waals surface area contributed by atoms with Crippen molar-refractivity contribution in [2.45, 2.75) is 32.7 Å². The van der Waals surface area contributed by atoms with Crippen LogP contribution in [0.15, 0.2) is 18.2 Å². The van der Waals surface area contributed by atoms with E-state index < -0.39 is 0 Å². The summed E-state index contributed by atoms with van der Waals surface area (Å²) in [5.74, 6) is 0.968. The summed E-state index contributed by atoms with van der Waals surface area (Å²) in [6, 6.07) is 3.86. The van der Waals surface area contributed by atoms with Crippen LogP contribution in [-0.2, 0) is 16.0 Å². The second kappa shape index (κ2) is 6.30. The molecule has 1 aromatic rings. The maximum Gasteiger partial charge on any atom is 0.332 e. The van der Waals surface area contributed by atoms with Gasteiger partial charge in [-0.1, -0.05) is 0 Å². The lowest BCUT2D eigenvalue weighted by atomic mass is 9.85. The summed E-state index contributed by atoms with van der Waals surface area (Å²) in [5, 5.41) is 3.39. The summed E-state index contributed by atoms with van der Waals surface area (Å²) in [6.45, 7) is 6.32. The minimum absolute atomic E-state index is 0.162. The van der Waals surface area contributed by atoms with Crippen molar-refractivity contribution in [3.8, 4) is 11.5 Å². The summed E-state index contributed by atoms with van der Waals surface area (Å²) >= 11 is 0. The Morgan fingerprint density at radius 1 is 1.27 bits per heavy atom. The third kappa shape index (κ3) is 3.35. The first-order valence-electron chi connectivity index (χ1n) is 7.32. The fourth-order valence-electron chi connectivity index (χ4n) is 2.69. The van der Waals surface area contributed by atoms with Gasteiger partial charge in [0.2, 0.25) is 0 Å². The van der Waals surface area contributed by atoms with Crippen molar-refractivity contribution in [2.75, 3.05) is 20.8 Å². The summed E-state index contributed by atoms with van der Waals surface area (Å²) in [4.78, 5) is 11.8. The zero-order valence-electron chi connectivity index (χ0n) is 13.8. The van der Waals surface area contributed by atoms with Crippen molar-refractivity contribution in [1.82, 2.24) is 5.32 Å². The molecule has 120 valence electrons. The van der Waals surface area contributed by atoms with Crippen LogP contribution in [0.3, 0.4) is 0 Å². The van der Waals surface area contributed by atoms with E-state index in [1.54, 1.807) is 21.1 Å². The topological polar surface area (TPSA) is 56.8 Å². The molecule has 1 aliphatic rings. The summed E-state index contributed by atoms with van der Waals surface area (Å²) in [6.07, 6.45) is 2.32. The smallest absolute Gasteiger partial charge is 0.332 e. The summed E-state index contributed by atoms with van der Waals surface area (Å²) < 4.78 is 15.7. The highest BCUT2D eigenvalue weighted by atomic mass is 16.5. The van der Waals surface area contributed by atoms with Gasteiger partial charge in [-0.25, -0.2) is 4.79 Å². The second-order valence-corrected chi connectivity index (χ2v) is 5.86. The molecule has 0 amide bonds. The second-order valence-electron chi connectivity index (χ2n) is 5.86. The van der Waals surface area contributed by atoms with Gasteiger partial charge in [0.25, 0.3) is 0 Å². The molecule has 22 heavy (non-hydrogen) atoms. The molecule has 1 heterocycles. The summed E-state index contributed by atoms with van der Waals surface area (Å²) in [5.41, 5.74) is 2.62. The Morgan fingerprint density at radius 2 is 1.91 bits per heavy atom. The molecule has 1 N–H and O–H groups in total. The van der Waals surface area contributed by atoms with Crippen LogP contribution in [0.1, 0.15) is 31.9 Å². The van der Waals surface area contributed by atoms with Crippen LogP contribution in [0.25, 0.3) is 5.70 Å². The first kappa shape index (κ1) is 16.2. The normalized spacial score (nSPS) is 17.4. The molecule has 5 heteroatoms. The van der Waals surface area contributed by atoms with Gasteiger partial charge < -0.3 is 19.5 Å². The van der Waals surface area contributed by atoms with E-state index >= 15 is 0 Å². The van der Waals surface area contributed by atoms with Gasteiger partial charge in [0.1, 0.15) is 0 Å². The molecule has 0 fully saturated rings. The molecular weight excluding hydrogens is 282 g/mol. The number of nitrogens with one attached hydrogen (secondary N) is 1. The van der Waals surface area contributed by atoms with Gasteiger partial charge in [0, 0.05) is 22.9 Å². The zero-order chi connectivity index (χ0) is 16.3. The highest BCUT2D eigenvalue weighted by molar-refractivity contribution is 5.92. The van der Waals surface area contributed by atoms with Crippen LogP contribution in [0.5, 0.6) is 11.5 Å². The third-order valence-corrected chi connectivity index (χ3v) is 3.55. The van der Waals surface area contributed by atoms with Gasteiger partial charge >= 0.3 is 5.97 Å². The minimum atomic E-state index is -0.358. The molecule has 0 aliphatic carbocycles. The van der Waals surface area contributed by atoms with Crippen LogP contribution >= 0.6 is 0 Å². The molecule has 1 aliphatic heterocycles. The molecule has 2 rings (SSSR count). The molecule has 0 aromatic heterocycles. The average Bonchev–Trinajstić information content (AvgIpc) is 2.45. The SMILES string of the molecule is CCOC(=O)/C=C1/NC(C)(C)Cc2cc(OC)c(OC)cc21. The van der Waals surface area contributed by atoms with Crippen molar-refractivity contribution in [2.24, 2.45) is 0 Å². The highest BCUT2D eigenvalue weighted by Gasteiger charge is 2.29. The van der Waals surface area contributed by atoms with E-state index in [2.05, 4.69) is 19.2 Å². The number of hydrogen-bond acceptors (Lipinski definition) is 5. The number of carbonyl (C=O) groups is 1. The van der Waals surface area contributed by atoms with Gasteiger partial charge in [0.05, 0.1) is 20.8 Å². The quantitative estimate of drug-likeness (QED) is 0.684. The van der Waals surface area contributed by atoms with E-state index in [1.165, 1.54) is 6.08 Å². The van der Waals surface area contributed by atoms with Gasteiger partial charge in [-0.15, -0.1) is 0 Å². The first-order chi connectivity index (χ1) is 10.4. The van der Waals surface area contributed by atoms with Crippen molar-refractivity contribution >= 4 is 11.7 Å². The number of esters is 1. The molecule has 0 saturated carbocycles. The van der Waals surface area contributed by atoms with Crippen LogP contribution in [0.4, 0.5) is 0 Å². The molecular formula is C17H23NO4. The van der Waals surface area contributed by atoms with E-state index in [-0.39, 0.29) is 11.5 Å². The van der Waals surface area contributed by atoms with Crippen LogP contribution in [0.2, 0.25) is 0 Å². The van der Waals surface area contributed by atoms with Crippen LogP contribution in [0, 0.1) is 0 Å². The van der Waals surface area contributed by atoms with Gasteiger partial charge in [0.15, 0.2) is 11.5 Å². The fourth-order valence-corrected chi connectivity index (χ4v) is 2.69. The Bertz CT molecular complexity index is 605. The monoisotopic (exact) mass is 305 g/mol. The van der Waals surface area contributed by atoms with Gasteiger partial charge in [-0.3, -0.25) is 0 Å². The van der Waals surface area contributed by atoms with E-state index in [0.717, 1.165) is 23.2 Å². The maximum atomic E-state index is 11.8. The Kier molecular flexibility index (Phi) is 4.64. The van der Waals surface area contributed by atoms with Crippen LogP contribution in [-0.4, -0.2) is 32.3 Å². The van der Waals surface area contributed by atoms with Crippen molar-refractivity contribution in [1.29, 1.82) is 0 Å². The molecule has 0 atom stereocenters. The van der Waals surface area contributed by atoms with Crippen molar-refractivity contribution in [3.05, 3.63) is 29.3 Å². The van der Waals surface area contributed by atoms with E-state index in [4.69, 9.17) is 14.2 Å². The lowest BCUT2D eigenvalue weighted by molar-refractivity contribution is -0.137. The predicted octanol–water partition coefficient (Wildman–Crippen LogP) is 2.53. The summed E-state index contributed by atoms with van der Waals surface area (Å²) in [7, 11) is 3.21. The first-order valence-corrected chi connectivity index (χ1v) is 7.32.